The van der Waals surface area contributed by atoms with E-state index in [0.717, 1.165) is 30.8 Å². The molecule has 0 aliphatic carbocycles. The molecule has 0 saturated carbocycles. The number of nitrogens with one attached hydrogen (secondary N) is 1. The Morgan fingerprint density at radius 3 is 2.88 bits per heavy atom. The molecule has 1 N–H and O–H groups in total. The predicted octanol–water partition coefficient (Wildman–Crippen LogP) is 1.22. The molecule has 4 nitrogen and oxygen atoms in total. The zero-order chi connectivity index (χ0) is 11.9. The van der Waals surface area contributed by atoms with Gasteiger partial charge in [-0.15, -0.1) is 0 Å². The van der Waals surface area contributed by atoms with Gasteiger partial charge in [0.1, 0.15) is 11.9 Å². The topological polar surface area (TPSA) is 55.4 Å². The highest BCUT2D eigenvalue weighted by Crippen LogP contribution is 2.32. The molecule has 0 atom stereocenters. The lowest BCUT2D eigenvalue weighted by Crippen LogP contribution is -2.45. The van der Waals surface area contributed by atoms with E-state index in [2.05, 4.69) is 5.32 Å². The smallest absolute Gasteiger partial charge is 0.157 e. The zero-order valence-corrected chi connectivity index (χ0v) is 10.3. The first-order valence-corrected chi connectivity index (χ1v) is 7.69. The second-order valence-corrected chi connectivity index (χ2v) is 6.78. The van der Waals surface area contributed by atoms with E-state index in [9.17, 15) is 8.42 Å². The van der Waals surface area contributed by atoms with E-state index >= 15 is 0 Å². The molecule has 2 heterocycles. The fraction of sp³-hybridized carbons (Fsp3) is 0.500. The van der Waals surface area contributed by atoms with Crippen molar-refractivity contribution in [2.45, 2.75) is 18.9 Å². The molecule has 92 valence electrons. The molecule has 2 aliphatic rings. The van der Waals surface area contributed by atoms with Crippen molar-refractivity contribution in [2.24, 2.45) is 0 Å². The average Bonchev–Trinajstić information content (AvgIpc) is 2.27. The van der Waals surface area contributed by atoms with E-state index in [1.54, 1.807) is 0 Å². The minimum absolute atomic E-state index is 0.157. The van der Waals surface area contributed by atoms with Gasteiger partial charge in [0.15, 0.2) is 9.84 Å². The number of hydrogen-bond donors (Lipinski definition) is 1. The predicted molar refractivity (Wildman–Crippen MR) is 66.3 cm³/mol. The molecule has 2 aliphatic heterocycles. The summed E-state index contributed by atoms with van der Waals surface area (Å²) < 4.78 is 27.9. The number of benzene rings is 1. The molecule has 1 aromatic carbocycles. The van der Waals surface area contributed by atoms with Gasteiger partial charge in [-0.25, -0.2) is 8.42 Å². The van der Waals surface area contributed by atoms with Crippen LogP contribution in [-0.4, -0.2) is 32.6 Å². The van der Waals surface area contributed by atoms with E-state index in [-0.39, 0.29) is 17.6 Å². The highest BCUT2D eigenvalue weighted by Gasteiger charge is 2.35. The van der Waals surface area contributed by atoms with Gasteiger partial charge in [0.2, 0.25) is 0 Å². The van der Waals surface area contributed by atoms with Gasteiger partial charge in [-0.05, 0) is 25.0 Å². The highest BCUT2D eigenvalue weighted by molar-refractivity contribution is 7.92. The lowest BCUT2D eigenvalue weighted by atomic mass is 10.0. The Hall–Kier alpha value is -1.23. The number of ether oxygens (including phenoxy) is 1. The Balaban J connectivity index is 1.79. The summed E-state index contributed by atoms with van der Waals surface area (Å²) in [6.45, 7) is 0.994. The maximum Gasteiger partial charge on any atom is 0.157 e. The zero-order valence-electron chi connectivity index (χ0n) is 9.48. The summed E-state index contributed by atoms with van der Waals surface area (Å²) in [6.07, 6.45) is 1.93. The fourth-order valence-electron chi connectivity index (χ4n) is 2.35. The van der Waals surface area contributed by atoms with Crippen molar-refractivity contribution in [2.75, 3.05) is 23.4 Å². The standard InChI is InChI=1S/C12H15NO3S/c14-17(15)7-9(8-17)16-12-5-1-4-11-10(12)3-2-6-13-11/h1,4-5,9,13H,2-3,6-8H2. The van der Waals surface area contributed by atoms with Crippen LogP contribution < -0.4 is 10.1 Å². The van der Waals surface area contributed by atoms with Crippen LogP contribution in [0.3, 0.4) is 0 Å². The van der Waals surface area contributed by atoms with Gasteiger partial charge in [-0.3, -0.25) is 0 Å². The van der Waals surface area contributed by atoms with Crippen molar-refractivity contribution < 1.29 is 13.2 Å². The molecule has 17 heavy (non-hydrogen) atoms. The Bertz CT molecular complexity index is 527. The highest BCUT2D eigenvalue weighted by atomic mass is 32.2. The molecular weight excluding hydrogens is 238 g/mol. The third-order valence-corrected chi connectivity index (χ3v) is 4.98. The van der Waals surface area contributed by atoms with Crippen LogP contribution in [0.25, 0.3) is 0 Å². The second kappa shape index (κ2) is 3.91. The summed E-state index contributed by atoms with van der Waals surface area (Å²) in [7, 11) is -2.81. The molecule has 0 unspecified atom stereocenters. The van der Waals surface area contributed by atoms with E-state index in [1.807, 2.05) is 18.2 Å². The maximum atomic E-state index is 11.1. The molecule has 0 amide bonds. The molecule has 3 rings (SSSR count). The quantitative estimate of drug-likeness (QED) is 0.861. The Labute approximate surface area is 101 Å². The van der Waals surface area contributed by atoms with Gasteiger partial charge < -0.3 is 10.1 Å². The summed E-state index contributed by atoms with van der Waals surface area (Å²) in [4.78, 5) is 0. The Morgan fingerprint density at radius 2 is 2.12 bits per heavy atom. The lowest BCUT2D eigenvalue weighted by Gasteiger charge is -2.29. The van der Waals surface area contributed by atoms with Gasteiger partial charge in [0, 0.05) is 17.8 Å². The minimum Gasteiger partial charge on any atom is -0.488 e. The van der Waals surface area contributed by atoms with Gasteiger partial charge >= 0.3 is 0 Å². The molecule has 0 radical (unpaired) electrons. The molecule has 0 aromatic heterocycles. The molecule has 5 heteroatoms. The molecule has 1 saturated heterocycles. The van der Waals surface area contributed by atoms with Crippen LogP contribution in [-0.2, 0) is 16.3 Å². The van der Waals surface area contributed by atoms with Crippen LogP contribution in [0.1, 0.15) is 12.0 Å². The number of sulfone groups is 1. The number of rotatable bonds is 2. The summed E-state index contributed by atoms with van der Waals surface area (Å²) in [5.74, 6) is 1.16. The monoisotopic (exact) mass is 253 g/mol. The summed E-state index contributed by atoms with van der Waals surface area (Å²) in [5, 5.41) is 3.33. The van der Waals surface area contributed by atoms with Crippen LogP contribution >= 0.6 is 0 Å². The minimum atomic E-state index is -2.81. The van der Waals surface area contributed by atoms with Crippen molar-refractivity contribution in [3.63, 3.8) is 0 Å². The lowest BCUT2D eigenvalue weighted by molar-refractivity contribution is 0.228. The van der Waals surface area contributed by atoms with E-state index in [0.29, 0.717) is 0 Å². The first-order valence-electron chi connectivity index (χ1n) is 5.87. The Kier molecular flexibility index (Phi) is 2.50. The van der Waals surface area contributed by atoms with Crippen LogP contribution in [0, 0.1) is 0 Å². The van der Waals surface area contributed by atoms with Gasteiger partial charge in [0.25, 0.3) is 0 Å². The van der Waals surface area contributed by atoms with Gasteiger partial charge in [-0.1, -0.05) is 6.07 Å². The van der Waals surface area contributed by atoms with Crippen molar-refractivity contribution >= 4 is 15.5 Å². The molecule has 1 fully saturated rings. The normalized spacial score (nSPS) is 22.1. The summed E-state index contributed by atoms with van der Waals surface area (Å²) >= 11 is 0. The maximum absolute atomic E-state index is 11.1. The SMILES string of the molecule is O=S1(=O)CC(Oc2cccc3c2CCCN3)C1. The average molecular weight is 253 g/mol. The number of fused-ring (bicyclic) bond motifs is 1. The second-order valence-electron chi connectivity index (χ2n) is 4.63. The first-order chi connectivity index (χ1) is 8.14. The largest absolute Gasteiger partial charge is 0.488 e. The first kappa shape index (κ1) is 10.9. The van der Waals surface area contributed by atoms with E-state index in [4.69, 9.17) is 4.74 Å². The van der Waals surface area contributed by atoms with Gasteiger partial charge in [-0.2, -0.15) is 0 Å². The third-order valence-electron chi connectivity index (χ3n) is 3.23. The van der Waals surface area contributed by atoms with Crippen molar-refractivity contribution in [3.05, 3.63) is 23.8 Å². The third kappa shape index (κ3) is 2.11. The molecule has 0 bridgehead atoms. The van der Waals surface area contributed by atoms with Crippen molar-refractivity contribution in [1.82, 2.24) is 0 Å². The van der Waals surface area contributed by atoms with E-state index < -0.39 is 9.84 Å². The Morgan fingerprint density at radius 1 is 1.29 bits per heavy atom. The molecule has 1 aromatic rings. The number of hydrogen-bond acceptors (Lipinski definition) is 4. The van der Waals surface area contributed by atoms with Crippen LogP contribution in [0.2, 0.25) is 0 Å². The molecular formula is C12H15NO3S. The van der Waals surface area contributed by atoms with E-state index in [1.165, 1.54) is 5.56 Å². The molecule has 0 spiro atoms. The van der Waals surface area contributed by atoms with Crippen molar-refractivity contribution in [3.8, 4) is 5.75 Å². The van der Waals surface area contributed by atoms with Crippen LogP contribution in [0.15, 0.2) is 18.2 Å². The van der Waals surface area contributed by atoms with Crippen molar-refractivity contribution in [1.29, 1.82) is 0 Å². The summed E-state index contributed by atoms with van der Waals surface area (Å²) in [6, 6.07) is 5.91. The number of anilines is 1. The van der Waals surface area contributed by atoms with Crippen LogP contribution in [0.4, 0.5) is 5.69 Å². The summed E-state index contributed by atoms with van der Waals surface area (Å²) in [5.41, 5.74) is 2.30. The van der Waals surface area contributed by atoms with Gasteiger partial charge in [0.05, 0.1) is 11.5 Å². The fourth-order valence-corrected chi connectivity index (χ4v) is 3.52. The van der Waals surface area contributed by atoms with Crippen LogP contribution in [0.5, 0.6) is 5.75 Å².